The first-order valence-electron chi connectivity index (χ1n) is 6.37. The molecule has 0 spiro atoms. The lowest BCUT2D eigenvalue weighted by Gasteiger charge is -1.95. The highest BCUT2D eigenvalue weighted by atomic mass is 19.1. The molecule has 0 saturated heterocycles. The van der Waals surface area contributed by atoms with Crippen molar-refractivity contribution in [3.63, 3.8) is 0 Å². The number of nitrogens with zero attached hydrogens (tertiary/aromatic N) is 1. The quantitative estimate of drug-likeness (QED) is 0.668. The van der Waals surface area contributed by atoms with Crippen molar-refractivity contribution in [2.75, 3.05) is 0 Å². The van der Waals surface area contributed by atoms with E-state index >= 15 is 0 Å². The predicted octanol–water partition coefficient (Wildman–Crippen LogP) is 4.23. The molecule has 0 aliphatic carbocycles. The van der Waals surface area contributed by atoms with Gasteiger partial charge in [0.15, 0.2) is 11.4 Å². The molecular formula is C16H12FNO2. The fourth-order valence-electron chi connectivity index (χ4n) is 2.05. The number of benzene rings is 2. The number of Topliss-reactive ketones (excluding diaryl/α,β-unsaturated/α-hetero) is 1. The molecule has 0 amide bonds. The van der Waals surface area contributed by atoms with E-state index in [2.05, 4.69) is 4.98 Å². The summed E-state index contributed by atoms with van der Waals surface area (Å²) in [6.45, 7) is 1.81. The first-order valence-corrected chi connectivity index (χ1v) is 6.37. The van der Waals surface area contributed by atoms with E-state index in [1.165, 1.54) is 6.07 Å². The summed E-state index contributed by atoms with van der Waals surface area (Å²) < 4.78 is 19.3. The molecule has 20 heavy (non-hydrogen) atoms. The van der Waals surface area contributed by atoms with E-state index < -0.39 is 0 Å². The molecular weight excluding hydrogens is 257 g/mol. The summed E-state index contributed by atoms with van der Waals surface area (Å²) in [6.07, 6.45) is 0.434. The van der Waals surface area contributed by atoms with Crippen LogP contribution in [-0.4, -0.2) is 10.8 Å². The highest BCUT2D eigenvalue weighted by molar-refractivity contribution is 5.98. The Morgan fingerprint density at radius 2 is 2.05 bits per heavy atom. The van der Waals surface area contributed by atoms with Crippen LogP contribution in [0.15, 0.2) is 46.9 Å². The van der Waals surface area contributed by atoms with Gasteiger partial charge in [0.2, 0.25) is 5.89 Å². The van der Waals surface area contributed by atoms with Gasteiger partial charge in [0.25, 0.3) is 0 Å². The van der Waals surface area contributed by atoms with Crippen LogP contribution in [0.25, 0.3) is 22.6 Å². The van der Waals surface area contributed by atoms with Gasteiger partial charge in [-0.3, -0.25) is 4.79 Å². The zero-order valence-corrected chi connectivity index (χ0v) is 10.9. The second-order valence-corrected chi connectivity index (χ2v) is 4.46. The molecule has 0 saturated carbocycles. The minimum atomic E-state index is -0.385. The molecule has 2 aromatic carbocycles. The Bertz CT molecular complexity index is 792. The number of carbonyl (C=O) groups excluding carboxylic acids is 1. The van der Waals surface area contributed by atoms with E-state index in [0.717, 1.165) is 0 Å². The van der Waals surface area contributed by atoms with Crippen LogP contribution in [0.2, 0.25) is 0 Å². The van der Waals surface area contributed by atoms with Crippen molar-refractivity contribution in [3.8, 4) is 11.5 Å². The van der Waals surface area contributed by atoms with Crippen molar-refractivity contribution < 1.29 is 13.6 Å². The third-order valence-corrected chi connectivity index (χ3v) is 3.13. The molecule has 0 aliphatic heterocycles. The van der Waals surface area contributed by atoms with E-state index in [-0.39, 0.29) is 17.5 Å². The molecule has 0 atom stereocenters. The van der Waals surface area contributed by atoms with Gasteiger partial charge in [-0.25, -0.2) is 9.37 Å². The molecule has 100 valence electrons. The maximum absolute atomic E-state index is 13.7. The van der Waals surface area contributed by atoms with Crippen molar-refractivity contribution in [1.29, 1.82) is 0 Å². The highest BCUT2D eigenvalue weighted by Gasteiger charge is 2.13. The van der Waals surface area contributed by atoms with Crippen LogP contribution < -0.4 is 0 Å². The number of hydrogen-bond donors (Lipinski definition) is 0. The molecule has 3 aromatic rings. The SMILES string of the molecule is CCC(=O)c1ccc2oc(-c3ccccc3F)nc2c1. The van der Waals surface area contributed by atoms with Gasteiger partial charge in [0.05, 0.1) is 5.56 Å². The Balaban J connectivity index is 2.12. The number of carbonyl (C=O) groups is 1. The molecule has 3 rings (SSSR count). The molecule has 0 N–H and O–H groups in total. The van der Waals surface area contributed by atoms with Crippen molar-refractivity contribution >= 4 is 16.9 Å². The van der Waals surface area contributed by atoms with E-state index in [1.807, 2.05) is 0 Å². The summed E-state index contributed by atoms with van der Waals surface area (Å²) in [5.74, 6) is -0.120. The first-order chi connectivity index (χ1) is 9.69. The minimum absolute atomic E-state index is 0.0438. The Hall–Kier alpha value is -2.49. The lowest BCUT2D eigenvalue weighted by Crippen LogP contribution is -1.95. The van der Waals surface area contributed by atoms with E-state index in [1.54, 1.807) is 43.3 Å². The topological polar surface area (TPSA) is 43.1 Å². The number of aromatic nitrogens is 1. The molecule has 0 bridgehead atoms. The van der Waals surface area contributed by atoms with Crippen molar-refractivity contribution in [2.24, 2.45) is 0 Å². The van der Waals surface area contributed by atoms with E-state index in [4.69, 9.17) is 4.42 Å². The second-order valence-electron chi connectivity index (χ2n) is 4.46. The van der Waals surface area contributed by atoms with Crippen LogP contribution in [0.5, 0.6) is 0 Å². The zero-order valence-electron chi connectivity index (χ0n) is 10.9. The summed E-state index contributed by atoms with van der Waals surface area (Å²) in [5.41, 5.74) is 2.00. The normalized spacial score (nSPS) is 10.9. The van der Waals surface area contributed by atoms with Gasteiger partial charge in [-0.05, 0) is 30.3 Å². The van der Waals surface area contributed by atoms with Crippen LogP contribution in [-0.2, 0) is 0 Å². The standard InChI is InChI=1S/C16H12FNO2/c1-2-14(19)10-7-8-15-13(9-10)18-16(20-15)11-5-3-4-6-12(11)17/h3-9H,2H2,1H3. The summed E-state index contributed by atoms with van der Waals surface area (Å²) in [6, 6.07) is 11.4. The Kier molecular flexibility index (Phi) is 3.06. The largest absolute Gasteiger partial charge is 0.436 e. The molecule has 0 fully saturated rings. The third kappa shape index (κ3) is 2.09. The number of halogens is 1. The molecule has 0 aliphatic rings. The fraction of sp³-hybridized carbons (Fsp3) is 0.125. The summed E-state index contributed by atoms with van der Waals surface area (Å²) in [4.78, 5) is 15.9. The maximum Gasteiger partial charge on any atom is 0.230 e. The third-order valence-electron chi connectivity index (χ3n) is 3.13. The van der Waals surface area contributed by atoms with Gasteiger partial charge in [0.1, 0.15) is 11.3 Å². The molecule has 1 heterocycles. The Morgan fingerprint density at radius 1 is 1.25 bits per heavy atom. The summed E-state index contributed by atoms with van der Waals surface area (Å²) in [7, 11) is 0. The predicted molar refractivity (Wildman–Crippen MR) is 74.0 cm³/mol. The smallest absolute Gasteiger partial charge is 0.230 e. The highest BCUT2D eigenvalue weighted by Crippen LogP contribution is 2.26. The minimum Gasteiger partial charge on any atom is -0.436 e. The van der Waals surface area contributed by atoms with E-state index in [9.17, 15) is 9.18 Å². The molecule has 0 unspecified atom stereocenters. The van der Waals surface area contributed by atoms with Crippen molar-refractivity contribution in [2.45, 2.75) is 13.3 Å². The maximum atomic E-state index is 13.7. The first kappa shape index (κ1) is 12.5. The zero-order chi connectivity index (χ0) is 14.1. The average molecular weight is 269 g/mol. The fourth-order valence-corrected chi connectivity index (χ4v) is 2.05. The van der Waals surface area contributed by atoms with Crippen LogP contribution in [0, 0.1) is 5.82 Å². The van der Waals surface area contributed by atoms with Gasteiger partial charge in [-0.1, -0.05) is 19.1 Å². The average Bonchev–Trinajstić information content (AvgIpc) is 2.89. The van der Waals surface area contributed by atoms with Gasteiger partial charge < -0.3 is 4.42 Å². The van der Waals surface area contributed by atoms with Crippen LogP contribution in [0.4, 0.5) is 4.39 Å². The number of rotatable bonds is 3. The molecule has 3 nitrogen and oxygen atoms in total. The Labute approximate surface area is 115 Å². The number of hydrogen-bond acceptors (Lipinski definition) is 3. The van der Waals surface area contributed by atoms with Gasteiger partial charge in [-0.2, -0.15) is 0 Å². The van der Waals surface area contributed by atoms with Gasteiger partial charge >= 0.3 is 0 Å². The van der Waals surface area contributed by atoms with Crippen molar-refractivity contribution in [1.82, 2.24) is 4.98 Å². The van der Waals surface area contributed by atoms with Crippen LogP contribution >= 0.6 is 0 Å². The number of oxazole rings is 1. The number of ketones is 1. The number of fused-ring (bicyclic) bond motifs is 1. The van der Waals surface area contributed by atoms with Gasteiger partial charge in [0, 0.05) is 12.0 Å². The monoisotopic (exact) mass is 269 g/mol. The molecule has 0 radical (unpaired) electrons. The summed E-state index contributed by atoms with van der Waals surface area (Å²) in [5, 5.41) is 0. The summed E-state index contributed by atoms with van der Waals surface area (Å²) >= 11 is 0. The molecule has 4 heteroatoms. The molecule has 1 aromatic heterocycles. The lowest BCUT2D eigenvalue weighted by atomic mass is 10.1. The lowest BCUT2D eigenvalue weighted by molar-refractivity contribution is 0.0988. The second kappa shape index (κ2) is 4.89. The van der Waals surface area contributed by atoms with Crippen LogP contribution in [0.3, 0.4) is 0 Å². The van der Waals surface area contributed by atoms with Gasteiger partial charge in [-0.15, -0.1) is 0 Å². The van der Waals surface area contributed by atoms with E-state index in [0.29, 0.717) is 28.6 Å². The van der Waals surface area contributed by atoms with Crippen molar-refractivity contribution in [3.05, 3.63) is 53.8 Å². The van der Waals surface area contributed by atoms with Crippen LogP contribution in [0.1, 0.15) is 23.7 Å². The Morgan fingerprint density at radius 3 is 2.80 bits per heavy atom.